The van der Waals surface area contributed by atoms with Gasteiger partial charge in [0.1, 0.15) is 11.6 Å². The Balaban J connectivity index is 2.29. The SMILES string of the molecule is CCNC(Cc1cccc(F)c1)c1cc(F)ccc1Br. The van der Waals surface area contributed by atoms with Crippen molar-refractivity contribution in [3.63, 3.8) is 0 Å². The van der Waals surface area contributed by atoms with E-state index in [0.29, 0.717) is 6.42 Å². The van der Waals surface area contributed by atoms with Gasteiger partial charge in [-0.3, -0.25) is 0 Å². The Hall–Kier alpha value is -1.26. The first-order valence-electron chi connectivity index (χ1n) is 6.53. The molecule has 0 aromatic heterocycles. The summed E-state index contributed by atoms with van der Waals surface area (Å²) in [5, 5.41) is 3.32. The average Bonchev–Trinajstić information content (AvgIpc) is 2.41. The van der Waals surface area contributed by atoms with Crippen LogP contribution in [0.25, 0.3) is 0 Å². The van der Waals surface area contributed by atoms with Crippen molar-refractivity contribution in [1.82, 2.24) is 5.32 Å². The standard InChI is InChI=1S/C16H16BrF2N/c1-2-20-16(9-11-4-3-5-12(18)8-11)14-10-13(19)6-7-15(14)17/h3-8,10,16,20H,2,9H2,1H3. The van der Waals surface area contributed by atoms with Crippen molar-refractivity contribution in [2.75, 3.05) is 6.54 Å². The molecule has 0 fully saturated rings. The second-order valence-electron chi connectivity index (χ2n) is 4.61. The summed E-state index contributed by atoms with van der Waals surface area (Å²) in [5.41, 5.74) is 1.73. The number of halogens is 3. The van der Waals surface area contributed by atoms with E-state index in [2.05, 4.69) is 21.2 Å². The van der Waals surface area contributed by atoms with Crippen molar-refractivity contribution in [1.29, 1.82) is 0 Å². The van der Waals surface area contributed by atoms with Gasteiger partial charge in [-0.1, -0.05) is 35.0 Å². The predicted octanol–water partition coefficient (Wildman–Crippen LogP) is 4.62. The van der Waals surface area contributed by atoms with Gasteiger partial charge in [0.15, 0.2) is 0 Å². The molecule has 0 radical (unpaired) electrons. The van der Waals surface area contributed by atoms with E-state index < -0.39 is 0 Å². The van der Waals surface area contributed by atoms with Crippen molar-refractivity contribution in [2.24, 2.45) is 0 Å². The molecular weight excluding hydrogens is 324 g/mol. The highest BCUT2D eigenvalue weighted by molar-refractivity contribution is 9.10. The summed E-state index contributed by atoms with van der Waals surface area (Å²) in [6.07, 6.45) is 0.605. The van der Waals surface area contributed by atoms with Crippen LogP contribution in [0.15, 0.2) is 46.9 Å². The maximum absolute atomic E-state index is 13.4. The molecule has 0 amide bonds. The van der Waals surface area contributed by atoms with Crippen LogP contribution >= 0.6 is 15.9 Å². The number of nitrogens with one attached hydrogen (secondary N) is 1. The lowest BCUT2D eigenvalue weighted by Crippen LogP contribution is -2.23. The van der Waals surface area contributed by atoms with Gasteiger partial charge in [-0.15, -0.1) is 0 Å². The molecule has 0 spiro atoms. The zero-order chi connectivity index (χ0) is 14.5. The molecule has 4 heteroatoms. The second-order valence-corrected chi connectivity index (χ2v) is 5.46. The lowest BCUT2D eigenvalue weighted by Gasteiger charge is -2.20. The first kappa shape index (κ1) is 15.1. The van der Waals surface area contributed by atoms with Crippen LogP contribution < -0.4 is 5.32 Å². The second kappa shape index (κ2) is 6.95. The zero-order valence-electron chi connectivity index (χ0n) is 11.2. The Labute approximate surface area is 126 Å². The molecule has 0 aliphatic rings. The van der Waals surface area contributed by atoms with Gasteiger partial charge in [0, 0.05) is 10.5 Å². The van der Waals surface area contributed by atoms with Gasteiger partial charge < -0.3 is 5.32 Å². The Morgan fingerprint density at radius 1 is 1.10 bits per heavy atom. The number of hydrogen-bond donors (Lipinski definition) is 1. The summed E-state index contributed by atoms with van der Waals surface area (Å²) in [4.78, 5) is 0. The molecule has 0 heterocycles. The van der Waals surface area contributed by atoms with Crippen molar-refractivity contribution >= 4 is 15.9 Å². The molecule has 0 aliphatic carbocycles. The number of benzene rings is 2. The molecule has 2 rings (SSSR count). The van der Waals surface area contributed by atoms with Crippen LogP contribution in [0.2, 0.25) is 0 Å². The first-order valence-corrected chi connectivity index (χ1v) is 7.32. The Kier molecular flexibility index (Phi) is 5.26. The minimum absolute atomic E-state index is 0.0631. The summed E-state index contributed by atoms with van der Waals surface area (Å²) >= 11 is 3.45. The third kappa shape index (κ3) is 3.87. The van der Waals surface area contributed by atoms with E-state index in [1.54, 1.807) is 12.1 Å². The molecule has 0 bridgehead atoms. The maximum atomic E-state index is 13.4. The number of rotatable bonds is 5. The normalized spacial score (nSPS) is 12.4. The highest BCUT2D eigenvalue weighted by Gasteiger charge is 2.15. The molecule has 2 aromatic rings. The van der Waals surface area contributed by atoms with E-state index >= 15 is 0 Å². The summed E-state index contributed by atoms with van der Waals surface area (Å²) in [6.45, 7) is 2.74. The first-order chi connectivity index (χ1) is 9.60. The Morgan fingerprint density at radius 3 is 2.55 bits per heavy atom. The summed E-state index contributed by atoms with van der Waals surface area (Å²) in [5.74, 6) is -0.526. The van der Waals surface area contributed by atoms with Gasteiger partial charge in [0.2, 0.25) is 0 Å². The lowest BCUT2D eigenvalue weighted by atomic mass is 9.98. The third-order valence-electron chi connectivity index (χ3n) is 3.11. The van der Waals surface area contributed by atoms with E-state index in [-0.39, 0.29) is 17.7 Å². The van der Waals surface area contributed by atoms with E-state index in [4.69, 9.17) is 0 Å². The molecule has 106 valence electrons. The Morgan fingerprint density at radius 2 is 1.85 bits per heavy atom. The molecule has 1 nitrogen and oxygen atoms in total. The van der Waals surface area contributed by atoms with Gasteiger partial charge in [-0.05, 0) is 54.4 Å². The van der Waals surface area contributed by atoms with Crippen LogP contribution in [0.3, 0.4) is 0 Å². The average molecular weight is 340 g/mol. The van der Waals surface area contributed by atoms with Crippen LogP contribution in [-0.4, -0.2) is 6.54 Å². The van der Waals surface area contributed by atoms with Crippen LogP contribution in [0, 0.1) is 11.6 Å². The van der Waals surface area contributed by atoms with Gasteiger partial charge in [0.25, 0.3) is 0 Å². The van der Waals surface area contributed by atoms with Crippen LogP contribution in [0.5, 0.6) is 0 Å². The molecule has 2 aromatic carbocycles. The summed E-state index contributed by atoms with van der Waals surface area (Å²) in [7, 11) is 0. The predicted molar refractivity (Wildman–Crippen MR) is 80.6 cm³/mol. The molecule has 0 saturated carbocycles. The highest BCUT2D eigenvalue weighted by Crippen LogP contribution is 2.27. The van der Waals surface area contributed by atoms with Crippen molar-refractivity contribution in [3.05, 3.63) is 69.7 Å². The van der Waals surface area contributed by atoms with Gasteiger partial charge >= 0.3 is 0 Å². The van der Waals surface area contributed by atoms with E-state index in [9.17, 15) is 8.78 Å². The van der Waals surface area contributed by atoms with E-state index in [1.165, 1.54) is 24.3 Å². The maximum Gasteiger partial charge on any atom is 0.123 e. The number of hydrogen-bond acceptors (Lipinski definition) is 1. The topological polar surface area (TPSA) is 12.0 Å². The quantitative estimate of drug-likeness (QED) is 0.837. The van der Waals surface area contributed by atoms with E-state index in [0.717, 1.165) is 22.1 Å². The van der Waals surface area contributed by atoms with Crippen LogP contribution in [0.1, 0.15) is 24.1 Å². The van der Waals surface area contributed by atoms with Crippen molar-refractivity contribution < 1.29 is 8.78 Å². The van der Waals surface area contributed by atoms with Gasteiger partial charge in [-0.25, -0.2) is 8.78 Å². The summed E-state index contributed by atoms with van der Waals surface area (Å²) in [6, 6.07) is 11.1. The minimum Gasteiger partial charge on any atom is -0.310 e. The Bertz CT molecular complexity index is 586. The highest BCUT2D eigenvalue weighted by atomic mass is 79.9. The van der Waals surface area contributed by atoms with Gasteiger partial charge in [-0.2, -0.15) is 0 Å². The lowest BCUT2D eigenvalue weighted by molar-refractivity contribution is 0.538. The fourth-order valence-corrected chi connectivity index (χ4v) is 2.74. The monoisotopic (exact) mass is 339 g/mol. The molecule has 1 N–H and O–H groups in total. The molecule has 1 unspecified atom stereocenters. The van der Waals surface area contributed by atoms with E-state index in [1.807, 2.05) is 13.0 Å². The fraction of sp³-hybridized carbons (Fsp3) is 0.250. The molecule has 1 atom stereocenters. The smallest absolute Gasteiger partial charge is 0.123 e. The van der Waals surface area contributed by atoms with Crippen molar-refractivity contribution in [3.8, 4) is 0 Å². The van der Waals surface area contributed by atoms with Crippen LogP contribution in [0.4, 0.5) is 8.78 Å². The molecule has 0 aliphatic heterocycles. The number of likely N-dealkylation sites (N-methyl/N-ethyl adjacent to an activating group) is 1. The zero-order valence-corrected chi connectivity index (χ0v) is 12.8. The molecule has 0 saturated heterocycles. The third-order valence-corrected chi connectivity index (χ3v) is 3.84. The minimum atomic E-state index is -0.273. The molecule has 20 heavy (non-hydrogen) atoms. The van der Waals surface area contributed by atoms with Crippen molar-refractivity contribution in [2.45, 2.75) is 19.4 Å². The summed E-state index contributed by atoms with van der Waals surface area (Å²) < 4.78 is 27.6. The fourth-order valence-electron chi connectivity index (χ4n) is 2.22. The van der Waals surface area contributed by atoms with Gasteiger partial charge in [0.05, 0.1) is 0 Å². The van der Waals surface area contributed by atoms with Crippen LogP contribution in [-0.2, 0) is 6.42 Å². The largest absolute Gasteiger partial charge is 0.310 e. The molecular formula is C16H16BrF2N.